The third-order valence-electron chi connectivity index (χ3n) is 2.50. The van der Waals surface area contributed by atoms with E-state index in [0.717, 1.165) is 15.8 Å². The molecule has 0 aliphatic rings. The summed E-state index contributed by atoms with van der Waals surface area (Å²) >= 11 is 5.23. The van der Waals surface area contributed by atoms with Gasteiger partial charge < -0.3 is 5.32 Å². The topological polar surface area (TPSA) is 24.9 Å². The molecule has 17 heavy (non-hydrogen) atoms. The van der Waals surface area contributed by atoms with E-state index >= 15 is 0 Å². The number of fused-ring (bicyclic) bond motifs is 1. The number of hydrogen-bond acceptors (Lipinski definition) is 3. The Bertz CT molecular complexity index is 663. The maximum absolute atomic E-state index is 4.04. The molecule has 3 aromatic rings. The number of benzene rings is 1. The van der Waals surface area contributed by atoms with E-state index in [1.54, 1.807) is 23.7 Å². The van der Waals surface area contributed by atoms with Crippen LogP contribution < -0.4 is 5.32 Å². The highest BCUT2D eigenvalue weighted by Crippen LogP contribution is 2.28. The molecule has 0 atom stereocenters. The Kier molecular flexibility index (Phi) is 2.82. The third-order valence-corrected chi connectivity index (χ3v) is 4.03. The van der Waals surface area contributed by atoms with Crippen LogP contribution in [-0.4, -0.2) is 4.98 Å². The number of nitrogens with zero attached hydrogens (tertiary/aromatic N) is 1. The van der Waals surface area contributed by atoms with Gasteiger partial charge in [0.15, 0.2) is 0 Å². The maximum atomic E-state index is 4.04. The normalized spacial score (nSPS) is 10.6. The lowest BCUT2D eigenvalue weighted by atomic mass is 10.2. The van der Waals surface area contributed by atoms with Gasteiger partial charge in [-0.1, -0.05) is 0 Å². The molecule has 0 fully saturated rings. The van der Waals surface area contributed by atoms with Crippen LogP contribution >= 0.6 is 27.3 Å². The first-order chi connectivity index (χ1) is 8.33. The lowest BCUT2D eigenvalue weighted by Gasteiger charge is -2.07. The van der Waals surface area contributed by atoms with Crippen molar-refractivity contribution in [3.63, 3.8) is 0 Å². The summed E-state index contributed by atoms with van der Waals surface area (Å²) in [5.41, 5.74) is 2.11. The molecular weight excluding hydrogens is 296 g/mol. The van der Waals surface area contributed by atoms with Crippen molar-refractivity contribution in [1.82, 2.24) is 4.98 Å². The fourth-order valence-corrected chi connectivity index (χ4v) is 2.80. The number of halogens is 1. The predicted octanol–water partition coefficient (Wildman–Crippen LogP) is 4.80. The van der Waals surface area contributed by atoms with Gasteiger partial charge in [-0.05, 0) is 57.0 Å². The number of rotatable bonds is 2. The second-order valence-electron chi connectivity index (χ2n) is 3.65. The minimum absolute atomic E-state index is 0.963. The number of pyridine rings is 1. The maximum Gasteiger partial charge on any atom is 0.0593 e. The van der Waals surface area contributed by atoms with Crippen molar-refractivity contribution in [1.29, 1.82) is 0 Å². The Labute approximate surface area is 111 Å². The lowest BCUT2D eigenvalue weighted by molar-refractivity contribution is 1.30. The molecule has 2 heterocycles. The zero-order valence-corrected chi connectivity index (χ0v) is 11.3. The standard InChI is InChI=1S/C13H9BrN2S/c14-11-8-15-5-3-12(11)16-10-1-2-13-9(7-10)4-6-17-13/h1-8H,(H,15,16). The summed E-state index contributed by atoms with van der Waals surface area (Å²) in [7, 11) is 0. The molecule has 0 radical (unpaired) electrons. The molecule has 0 unspecified atom stereocenters. The number of aromatic nitrogens is 1. The van der Waals surface area contributed by atoms with Gasteiger partial charge in [0.05, 0.1) is 10.2 Å². The minimum atomic E-state index is 0.963. The van der Waals surface area contributed by atoms with Gasteiger partial charge in [-0.2, -0.15) is 0 Å². The van der Waals surface area contributed by atoms with E-state index in [2.05, 4.69) is 55.9 Å². The number of anilines is 2. The molecule has 2 nitrogen and oxygen atoms in total. The summed E-state index contributed by atoms with van der Waals surface area (Å²) in [5.74, 6) is 0. The number of nitrogens with one attached hydrogen (secondary N) is 1. The van der Waals surface area contributed by atoms with Crippen molar-refractivity contribution in [3.8, 4) is 0 Å². The summed E-state index contributed by atoms with van der Waals surface area (Å²) < 4.78 is 2.27. The van der Waals surface area contributed by atoms with Gasteiger partial charge in [0.2, 0.25) is 0 Å². The van der Waals surface area contributed by atoms with Gasteiger partial charge in [0, 0.05) is 22.8 Å². The first-order valence-corrected chi connectivity index (χ1v) is 6.84. The first-order valence-electron chi connectivity index (χ1n) is 5.17. The smallest absolute Gasteiger partial charge is 0.0593 e. The molecule has 0 saturated carbocycles. The van der Waals surface area contributed by atoms with Crippen LogP contribution in [-0.2, 0) is 0 Å². The molecule has 84 valence electrons. The average molecular weight is 305 g/mol. The van der Waals surface area contributed by atoms with Gasteiger partial charge in [0.25, 0.3) is 0 Å². The summed E-state index contributed by atoms with van der Waals surface area (Å²) in [4.78, 5) is 4.04. The van der Waals surface area contributed by atoms with Gasteiger partial charge in [0.1, 0.15) is 0 Å². The number of hydrogen-bond donors (Lipinski definition) is 1. The summed E-state index contributed by atoms with van der Waals surface area (Å²) in [6.45, 7) is 0. The molecular formula is C13H9BrN2S. The van der Waals surface area contributed by atoms with Crippen LogP contribution in [0.25, 0.3) is 10.1 Å². The third kappa shape index (κ3) is 2.18. The van der Waals surface area contributed by atoms with Crippen molar-refractivity contribution in [2.45, 2.75) is 0 Å². The second kappa shape index (κ2) is 4.47. The van der Waals surface area contributed by atoms with Crippen LogP contribution in [0.3, 0.4) is 0 Å². The van der Waals surface area contributed by atoms with Gasteiger partial charge in [-0.25, -0.2) is 0 Å². The van der Waals surface area contributed by atoms with Gasteiger partial charge in [-0.3, -0.25) is 4.98 Å². The van der Waals surface area contributed by atoms with Crippen molar-refractivity contribution in [2.24, 2.45) is 0 Å². The Morgan fingerprint density at radius 3 is 3.00 bits per heavy atom. The minimum Gasteiger partial charge on any atom is -0.354 e. The Morgan fingerprint density at radius 2 is 2.12 bits per heavy atom. The summed E-state index contributed by atoms with van der Waals surface area (Å²) in [6.07, 6.45) is 3.56. The van der Waals surface area contributed by atoms with Crippen LogP contribution in [0.1, 0.15) is 0 Å². The summed E-state index contributed by atoms with van der Waals surface area (Å²) in [5, 5.41) is 6.75. The highest BCUT2D eigenvalue weighted by Gasteiger charge is 2.01. The molecule has 0 aliphatic heterocycles. The van der Waals surface area contributed by atoms with Gasteiger partial charge in [-0.15, -0.1) is 11.3 Å². The Balaban J connectivity index is 1.97. The largest absolute Gasteiger partial charge is 0.354 e. The van der Waals surface area contributed by atoms with Gasteiger partial charge >= 0.3 is 0 Å². The van der Waals surface area contributed by atoms with Crippen LogP contribution in [0, 0.1) is 0 Å². The Hall–Kier alpha value is -1.39. The van der Waals surface area contributed by atoms with Crippen molar-refractivity contribution in [2.75, 3.05) is 5.32 Å². The molecule has 1 N–H and O–H groups in total. The second-order valence-corrected chi connectivity index (χ2v) is 5.46. The monoisotopic (exact) mass is 304 g/mol. The van der Waals surface area contributed by atoms with Crippen molar-refractivity contribution in [3.05, 3.63) is 52.6 Å². The average Bonchev–Trinajstić information content (AvgIpc) is 2.79. The fraction of sp³-hybridized carbons (Fsp3) is 0. The molecule has 0 amide bonds. The zero-order valence-electron chi connectivity index (χ0n) is 8.85. The SMILES string of the molecule is Brc1cnccc1Nc1ccc2sccc2c1. The molecule has 4 heteroatoms. The summed E-state index contributed by atoms with van der Waals surface area (Å²) in [6, 6.07) is 10.5. The molecule has 1 aromatic carbocycles. The first kappa shape index (κ1) is 10.7. The van der Waals surface area contributed by atoms with E-state index in [9.17, 15) is 0 Å². The predicted molar refractivity (Wildman–Crippen MR) is 77.0 cm³/mol. The van der Waals surface area contributed by atoms with E-state index in [4.69, 9.17) is 0 Å². The zero-order chi connectivity index (χ0) is 11.7. The fourth-order valence-electron chi connectivity index (χ4n) is 1.68. The lowest BCUT2D eigenvalue weighted by Crippen LogP contribution is -1.91. The van der Waals surface area contributed by atoms with E-state index in [1.165, 1.54) is 10.1 Å². The highest BCUT2D eigenvalue weighted by atomic mass is 79.9. The molecule has 2 aromatic heterocycles. The molecule has 0 saturated heterocycles. The van der Waals surface area contributed by atoms with E-state index < -0.39 is 0 Å². The van der Waals surface area contributed by atoms with Crippen LogP contribution in [0.5, 0.6) is 0 Å². The number of thiophene rings is 1. The molecule has 0 bridgehead atoms. The molecule has 0 aliphatic carbocycles. The quantitative estimate of drug-likeness (QED) is 0.735. The van der Waals surface area contributed by atoms with Crippen LogP contribution in [0.15, 0.2) is 52.6 Å². The van der Waals surface area contributed by atoms with Crippen molar-refractivity contribution < 1.29 is 0 Å². The van der Waals surface area contributed by atoms with Crippen LogP contribution in [0.2, 0.25) is 0 Å². The molecule has 0 spiro atoms. The van der Waals surface area contributed by atoms with Crippen LogP contribution in [0.4, 0.5) is 11.4 Å². The van der Waals surface area contributed by atoms with E-state index in [0.29, 0.717) is 0 Å². The van der Waals surface area contributed by atoms with Crippen molar-refractivity contribution >= 4 is 48.7 Å². The van der Waals surface area contributed by atoms with E-state index in [-0.39, 0.29) is 0 Å². The highest BCUT2D eigenvalue weighted by molar-refractivity contribution is 9.10. The Morgan fingerprint density at radius 1 is 1.18 bits per heavy atom. The molecule has 3 rings (SSSR count). The van der Waals surface area contributed by atoms with E-state index in [1.807, 2.05) is 6.07 Å².